The molecule has 0 aromatic heterocycles. The molecular weight excluding hydrogens is 324 g/mol. The zero-order valence-electron chi connectivity index (χ0n) is 18.0. The van der Waals surface area contributed by atoms with Crippen LogP contribution in [-0.4, -0.2) is 17.7 Å². The second kappa shape index (κ2) is 8.56. The number of carbonyl (C=O) groups excluding carboxylic acids is 1. The van der Waals surface area contributed by atoms with E-state index in [1.54, 1.807) is 0 Å². The lowest BCUT2D eigenvalue weighted by atomic mass is 9.61. The Morgan fingerprint density at radius 2 is 1.58 bits per heavy atom. The van der Waals surface area contributed by atoms with Crippen molar-refractivity contribution in [1.29, 1.82) is 0 Å². The van der Waals surface area contributed by atoms with Crippen LogP contribution in [0.3, 0.4) is 0 Å². The fourth-order valence-electron chi connectivity index (χ4n) is 3.27. The Bertz CT molecular complexity index is 575. The Kier molecular flexibility index (Phi) is 7.47. The van der Waals surface area contributed by atoms with Crippen molar-refractivity contribution < 1.29 is 14.6 Å². The molecular formula is C23H38O3. The third-order valence-electron chi connectivity index (χ3n) is 5.36. The van der Waals surface area contributed by atoms with Crippen LogP contribution in [0.25, 0.3) is 0 Å². The number of esters is 1. The normalized spacial score (nSPS) is 16.0. The van der Waals surface area contributed by atoms with E-state index in [1.165, 1.54) is 0 Å². The van der Waals surface area contributed by atoms with Gasteiger partial charge in [-0.2, -0.15) is 0 Å². The number of hydrogen-bond acceptors (Lipinski definition) is 3. The first-order valence-corrected chi connectivity index (χ1v) is 9.74. The van der Waals surface area contributed by atoms with E-state index in [4.69, 9.17) is 4.74 Å². The average Bonchev–Trinajstić information content (AvgIpc) is 2.52. The van der Waals surface area contributed by atoms with E-state index in [0.29, 0.717) is 19.4 Å². The van der Waals surface area contributed by atoms with Crippen LogP contribution in [0.5, 0.6) is 0 Å². The SMILES string of the molecule is CCC(O)c1ccc(CCOC(=O)C(C)(CC(C)(C)C)C(C)(C)C)cc1. The summed E-state index contributed by atoms with van der Waals surface area (Å²) in [5, 5.41) is 9.86. The first-order chi connectivity index (χ1) is 11.8. The van der Waals surface area contributed by atoms with Crippen molar-refractivity contribution in [2.24, 2.45) is 16.2 Å². The van der Waals surface area contributed by atoms with Crippen molar-refractivity contribution in [2.45, 2.75) is 80.8 Å². The zero-order chi connectivity index (χ0) is 20.2. The smallest absolute Gasteiger partial charge is 0.312 e. The van der Waals surface area contributed by atoms with Crippen molar-refractivity contribution in [2.75, 3.05) is 6.61 Å². The van der Waals surface area contributed by atoms with Gasteiger partial charge in [0.25, 0.3) is 0 Å². The lowest BCUT2D eigenvalue weighted by Gasteiger charge is -2.43. The van der Waals surface area contributed by atoms with Crippen LogP contribution in [0, 0.1) is 16.2 Å². The lowest BCUT2D eigenvalue weighted by molar-refractivity contribution is -0.164. The maximum Gasteiger partial charge on any atom is 0.312 e. The number of hydrogen-bond donors (Lipinski definition) is 1. The van der Waals surface area contributed by atoms with Gasteiger partial charge in [-0.05, 0) is 41.7 Å². The molecule has 1 N–H and O–H groups in total. The Balaban J connectivity index is 2.71. The summed E-state index contributed by atoms with van der Waals surface area (Å²) in [5.74, 6) is -0.113. The summed E-state index contributed by atoms with van der Waals surface area (Å²) in [6, 6.07) is 7.90. The van der Waals surface area contributed by atoms with Gasteiger partial charge in [0.05, 0.1) is 18.1 Å². The van der Waals surface area contributed by atoms with Gasteiger partial charge in [0.2, 0.25) is 0 Å². The molecule has 0 aliphatic heterocycles. The van der Waals surface area contributed by atoms with E-state index < -0.39 is 11.5 Å². The zero-order valence-corrected chi connectivity index (χ0v) is 18.0. The molecule has 0 saturated carbocycles. The second-order valence-corrected chi connectivity index (χ2v) is 9.87. The summed E-state index contributed by atoms with van der Waals surface area (Å²) in [6.45, 7) is 17.2. The fraction of sp³-hybridized carbons (Fsp3) is 0.696. The Hall–Kier alpha value is -1.35. The summed E-state index contributed by atoms with van der Waals surface area (Å²) in [5.41, 5.74) is 1.39. The van der Waals surface area contributed by atoms with Crippen molar-refractivity contribution in [3.63, 3.8) is 0 Å². The molecule has 2 unspecified atom stereocenters. The molecule has 1 aromatic carbocycles. The van der Waals surface area contributed by atoms with E-state index in [1.807, 2.05) is 38.1 Å². The number of carbonyl (C=O) groups is 1. The Labute approximate surface area is 160 Å². The van der Waals surface area contributed by atoms with Crippen LogP contribution in [0.15, 0.2) is 24.3 Å². The molecule has 2 atom stereocenters. The highest BCUT2D eigenvalue weighted by Gasteiger charge is 2.47. The topological polar surface area (TPSA) is 46.5 Å². The third-order valence-corrected chi connectivity index (χ3v) is 5.36. The van der Waals surface area contributed by atoms with Gasteiger partial charge < -0.3 is 9.84 Å². The lowest BCUT2D eigenvalue weighted by Crippen LogP contribution is -2.44. The van der Waals surface area contributed by atoms with Gasteiger partial charge in [-0.1, -0.05) is 72.7 Å². The van der Waals surface area contributed by atoms with Gasteiger partial charge in [0, 0.05) is 6.42 Å². The largest absolute Gasteiger partial charge is 0.465 e. The molecule has 0 radical (unpaired) electrons. The van der Waals surface area contributed by atoms with E-state index in [-0.39, 0.29) is 16.8 Å². The molecule has 0 heterocycles. The van der Waals surface area contributed by atoms with Crippen molar-refractivity contribution >= 4 is 5.97 Å². The summed E-state index contributed by atoms with van der Waals surface area (Å²) in [7, 11) is 0. The summed E-state index contributed by atoms with van der Waals surface area (Å²) in [6.07, 6.45) is 1.76. The predicted molar refractivity (Wildman–Crippen MR) is 108 cm³/mol. The predicted octanol–water partition coefficient (Wildman–Crippen LogP) is 5.70. The fourth-order valence-corrected chi connectivity index (χ4v) is 3.27. The van der Waals surface area contributed by atoms with Crippen molar-refractivity contribution in [3.8, 4) is 0 Å². The molecule has 0 aliphatic carbocycles. The Morgan fingerprint density at radius 3 is 2.00 bits per heavy atom. The van der Waals surface area contributed by atoms with Gasteiger partial charge >= 0.3 is 5.97 Å². The highest BCUT2D eigenvalue weighted by atomic mass is 16.5. The minimum absolute atomic E-state index is 0.0526. The molecule has 1 aromatic rings. The van der Waals surface area contributed by atoms with Crippen LogP contribution in [0.4, 0.5) is 0 Å². The molecule has 0 saturated heterocycles. The highest BCUT2D eigenvalue weighted by Crippen LogP contribution is 2.47. The number of rotatable bonds is 7. The number of benzene rings is 1. The molecule has 0 fully saturated rings. The van der Waals surface area contributed by atoms with Crippen LogP contribution < -0.4 is 0 Å². The first kappa shape index (κ1) is 22.7. The average molecular weight is 363 g/mol. The number of aliphatic hydroxyl groups excluding tert-OH is 1. The van der Waals surface area contributed by atoms with Crippen LogP contribution in [0.1, 0.15) is 85.5 Å². The standard InChI is InChI=1S/C23H38O3/c1-9-19(24)18-12-10-17(11-13-18)14-15-26-20(25)23(8,22(5,6)7)16-21(2,3)4/h10-13,19,24H,9,14-16H2,1-8H3. The Morgan fingerprint density at radius 1 is 1.04 bits per heavy atom. The van der Waals surface area contributed by atoms with Crippen LogP contribution in [-0.2, 0) is 16.0 Å². The van der Waals surface area contributed by atoms with Crippen molar-refractivity contribution in [1.82, 2.24) is 0 Å². The third kappa shape index (κ3) is 6.12. The van der Waals surface area contributed by atoms with Crippen molar-refractivity contribution in [3.05, 3.63) is 35.4 Å². The van der Waals surface area contributed by atoms with Gasteiger partial charge in [0.15, 0.2) is 0 Å². The van der Waals surface area contributed by atoms with E-state index in [2.05, 4.69) is 41.5 Å². The summed E-state index contributed by atoms with van der Waals surface area (Å²) in [4.78, 5) is 12.9. The van der Waals surface area contributed by atoms with Gasteiger partial charge in [0.1, 0.15) is 0 Å². The van der Waals surface area contributed by atoms with Crippen LogP contribution in [0.2, 0.25) is 0 Å². The van der Waals surface area contributed by atoms with E-state index in [0.717, 1.165) is 17.5 Å². The monoisotopic (exact) mass is 362 g/mol. The molecule has 1 rings (SSSR count). The van der Waals surface area contributed by atoms with Gasteiger partial charge in [-0.15, -0.1) is 0 Å². The molecule has 3 nitrogen and oxygen atoms in total. The molecule has 26 heavy (non-hydrogen) atoms. The summed E-state index contributed by atoms with van der Waals surface area (Å²) < 4.78 is 5.69. The quantitative estimate of drug-likeness (QED) is 0.632. The van der Waals surface area contributed by atoms with E-state index in [9.17, 15) is 9.90 Å². The second-order valence-electron chi connectivity index (χ2n) is 9.87. The summed E-state index contributed by atoms with van der Waals surface area (Å²) >= 11 is 0. The molecule has 0 bridgehead atoms. The maximum absolute atomic E-state index is 12.9. The first-order valence-electron chi connectivity index (χ1n) is 9.74. The molecule has 148 valence electrons. The van der Waals surface area contributed by atoms with Gasteiger partial charge in [-0.3, -0.25) is 4.79 Å². The molecule has 0 spiro atoms. The molecule has 0 aliphatic rings. The minimum atomic E-state index is -0.527. The van der Waals surface area contributed by atoms with Crippen LogP contribution >= 0.6 is 0 Å². The number of ether oxygens (including phenoxy) is 1. The number of aliphatic hydroxyl groups is 1. The maximum atomic E-state index is 12.9. The van der Waals surface area contributed by atoms with Gasteiger partial charge in [-0.25, -0.2) is 0 Å². The minimum Gasteiger partial charge on any atom is -0.465 e. The molecule has 0 amide bonds. The molecule has 3 heteroatoms. The van der Waals surface area contributed by atoms with E-state index >= 15 is 0 Å². The highest BCUT2D eigenvalue weighted by molar-refractivity contribution is 5.77.